The summed E-state index contributed by atoms with van der Waals surface area (Å²) in [6.45, 7) is 0. The molecule has 154 valence electrons. The first-order chi connectivity index (χ1) is 14.0. The van der Waals surface area contributed by atoms with Crippen molar-refractivity contribution < 1.29 is 17.9 Å². The van der Waals surface area contributed by atoms with Crippen LogP contribution in [-0.2, 0) is 10.0 Å². The fraction of sp³-hybridized carbons (Fsp3) is 0.350. The van der Waals surface area contributed by atoms with Gasteiger partial charge in [-0.1, -0.05) is 18.9 Å². The highest BCUT2D eigenvalue weighted by atomic mass is 32.2. The SMILES string of the molecule is COc1ccc(NS(=O)(=O)c2cn(C3CCCC3)nc2-c2cccs2)cc1OC. The van der Waals surface area contributed by atoms with Gasteiger partial charge in [0.1, 0.15) is 10.6 Å². The zero-order chi connectivity index (χ0) is 20.4. The van der Waals surface area contributed by atoms with Crippen LogP contribution in [0.5, 0.6) is 11.5 Å². The largest absolute Gasteiger partial charge is 0.493 e. The first-order valence-corrected chi connectivity index (χ1v) is 11.8. The molecule has 2 heterocycles. The number of sulfonamides is 1. The quantitative estimate of drug-likeness (QED) is 0.591. The van der Waals surface area contributed by atoms with Crippen molar-refractivity contribution in [3.63, 3.8) is 0 Å². The van der Waals surface area contributed by atoms with Gasteiger partial charge in [0, 0.05) is 12.3 Å². The second-order valence-corrected chi connectivity index (χ2v) is 9.51. The van der Waals surface area contributed by atoms with Gasteiger partial charge in [0.05, 0.1) is 30.8 Å². The van der Waals surface area contributed by atoms with Crippen molar-refractivity contribution in [1.82, 2.24) is 9.78 Å². The highest BCUT2D eigenvalue weighted by Crippen LogP contribution is 2.36. The molecule has 1 aliphatic carbocycles. The molecule has 0 aliphatic heterocycles. The lowest BCUT2D eigenvalue weighted by Crippen LogP contribution is -2.13. The molecule has 9 heteroatoms. The van der Waals surface area contributed by atoms with Crippen LogP contribution in [0.1, 0.15) is 31.7 Å². The molecule has 1 saturated carbocycles. The number of methoxy groups -OCH3 is 2. The Labute approximate surface area is 174 Å². The molecule has 0 unspecified atom stereocenters. The number of rotatable bonds is 7. The van der Waals surface area contributed by atoms with Gasteiger partial charge in [0.15, 0.2) is 11.5 Å². The molecule has 0 spiro atoms. The van der Waals surface area contributed by atoms with Gasteiger partial charge in [-0.3, -0.25) is 9.40 Å². The number of aromatic nitrogens is 2. The van der Waals surface area contributed by atoms with Gasteiger partial charge >= 0.3 is 0 Å². The number of thiophene rings is 1. The average molecular weight is 434 g/mol. The van der Waals surface area contributed by atoms with E-state index in [2.05, 4.69) is 9.82 Å². The summed E-state index contributed by atoms with van der Waals surface area (Å²) in [6, 6.07) is 8.94. The molecule has 0 saturated heterocycles. The summed E-state index contributed by atoms with van der Waals surface area (Å²) >= 11 is 1.47. The molecule has 1 N–H and O–H groups in total. The molecule has 3 aromatic rings. The summed E-state index contributed by atoms with van der Waals surface area (Å²) in [5.41, 5.74) is 0.883. The van der Waals surface area contributed by atoms with Gasteiger partial charge in [0.2, 0.25) is 0 Å². The molecule has 1 aromatic carbocycles. The van der Waals surface area contributed by atoms with Crippen LogP contribution in [0.15, 0.2) is 46.8 Å². The maximum atomic E-state index is 13.3. The van der Waals surface area contributed by atoms with E-state index in [4.69, 9.17) is 9.47 Å². The van der Waals surface area contributed by atoms with E-state index in [-0.39, 0.29) is 10.9 Å². The normalized spacial score (nSPS) is 14.8. The first kappa shape index (κ1) is 19.8. The molecule has 29 heavy (non-hydrogen) atoms. The van der Waals surface area contributed by atoms with Crippen LogP contribution in [0.2, 0.25) is 0 Å². The number of hydrogen-bond acceptors (Lipinski definition) is 6. The number of nitrogens with zero attached hydrogens (tertiary/aromatic N) is 2. The molecule has 0 amide bonds. The van der Waals surface area contributed by atoms with Crippen LogP contribution in [0, 0.1) is 0 Å². The molecular weight excluding hydrogens is 410 g/mol. The lowest BCUT2D eigenvalue weighted by atomic mass is 10.3. The summed E-state index contributed by atoms with van der Waals surface area (Å²) in [6.07, 6.45) is 5.99. The minimum Gasteiger partial charge on any atom is -0.493 e. The van der Waals surface area contributed by atoms with Gasteiger partial charge in [-0.05, 0) is 36.4 Å². The Kier molecular flexibility index (Phi) is 5.51. The zero-order valence-corrected chi connectivity index (χ0v) is 17.9. The minimum atomic E-state index is -3.85. The highest BCUT2D eigenvalue weighted by molar-refractivity contribution is 7.92. The molecule has 0 radical (unpaired) electrons. The van der Waals surface area contributed by atoms with Crippen molar-refractivity contribution in [3.05, 3.63) is 41.9 Å². The fourth-order valence-corrected chi connectivity index (χ4v) is 5.61. The summed E-state index contributed by atoms with van der Waals surface area (Å²) in [7, 11) is -0.802. The maximum absolute atomic E-state index is 13.3. The standard InChI is InChI=1S/C20H23N3O4S2/c1-26-16-10-9-14(12-17(16)27-2)22-29(24,25)19-13-23(15-6-3-4-7-15)21-20(19)18-8-5-11-28-18/h5,8-13,15,22H,3-4,6-7H2,1-2H3. The highest BCUT2D eigenvalue weighted by Gasteiger charge is 2.28. The van der Waals surface area contributed by atoms with Crippen LogP contribution >= 0.6 is 11.3 Å². The van der Waals surface area contributed by atoms with Crippen molar-refractivity contribution in [2.45, 2.75) is 36.6 Å². The topological polar surface area (TPSA) is 82.5 Å². The Morgan fingerprint density at radius 1 is 1.14 bits per heavy atom. The zero-order valence-electron chi connectivity index (χ0n) is 16.3. The Balaban J connectivity index is 1.72. The summed E-state index contributed by atoms with van der Waals surface area (Å²) < 4.78 is 41.5. The van der Waals surface area contributed by atoms with E-state index in [0.29, 0.717) is 22.9 Å². The number of ether oxygens (including phenoxy) is 2. The number of anilines is 1. The van der Waals surface area contributed by atoms with Gasteiger partial charge in [-0.15, -0.1) is 11.3 Å². The number of nitrogens with one attached hydrogen (secondary N) is 1. The van der Waals surface area contributed by atoms with E-state index in [9.17, 15) is 8.42 Å². The number of benzene rings is 1. The van der Waals surface area contributed by atoms with Gasteiger partial charge in [0.25, 0.3) is 10.0 Å². The molecule has 4 rings (SSSR count). The molecule has 1 fully saturated rings. The van der Waals surface area contributed by atoms with Crippen LogP contribution in [0.25, 0.3) is 10.6 Å². The van der Waals surface area contributed by atoms with Crippen molar-refractivity contribution in [1.29, 1.82) is 0 Å². The van der Waals surface area contributed by atoms with E-state index in [1.807, 2.05) is 22.2 Å². The van der Waals surface area contributed by atoms with Crippen molar-refractivity contribution in [2.24, 2.45) is 0 Å². The van der Waals surface area contributed by atoms with Gasteiger partial charge < -0.3 is 9.47 Å². The number of hydrogen-bond donors (Lipinski definition) is 1. The van der Waals surface area contributed by atoms with Crippen LogP contribution in [0.4, 0.5) is 5.69 Å². The predicted octanol–water partition coefficient (Wildman–Crippen LogP) is 4.54. The Hall–Kier alpha value is -2.52. The van der Waals surface area contributed by atoms with Gasteiger partial charge in [-0.2, -0.15) is 5.10 Å². The van der Waals surface area contributed by atoms with Crippen molar-refractivity contribution in [3.8, 4) is 22.1 Å². The second-order valence-electron chi connectivity index (χ2n) is 6.91. The Bertz CT molecular complexity index is 1090. The lowest BCUT2D eigenvalue weighted by molar-refractivity contribution is 0.355. The molecule has 7 nitrogen and oxygen atoms in total. The van der Waals surface area contributed by atoms with Crippen LogP contribution in [0.3, 0.4) is 0 Å². The van der Waals surface area contributed by atoms with E-state index >= 15 is 0 Å². The molecule has 1 aliphatic rings. The van der Waals surface area contributed by atoms with E-state index < -0.39 is 10.0 Å². The second kappa shape index (κ2) is 8.08. The Morgan fingerprint density at radius 3 is 2.55 bits per heavy atom. The van der Waals surface area contributed by atoms with Crippen LogP contribution in [-0.4, -0.2) is 32.4 Å². The fourth-order valence-electron chi connectivity index (χ4n) is 3.62. The lowest BCUT2D eigenvalue weighted by Gasteiger charge is -2.11. The monoisotopic (exact) mass is 433 g/mol. The third-order valence-corrected chi connectivity index (χ3v) is 7.34. The summed E-state index contributed by atoms with van der Waals surface area (Å²) in [5, 5.41) is 6.59. The summed E-state index contributed by atoms with van der Waals surface area (Å²) in [4.78, 5) is 1.01. The average Bonchev–Trinajstić information content (AvgIpc) is 3.48. The van der Waals surface area contributed by atoms with E-state index in [1.165, 1.54) is 25.6 Å². The maximum Gasteiger partial charge on any atom is 0.265 e. The van der Waals surface area contributed by atoms with E-state index in [1.54, 1.807) is 24.4 Å². The van der Waals surface area contributed by atoms with Crippen LogP contribution < -0.4 is 14.2 Å². The molecule has 0 atom stereocenters. The molecular formula is C20H23N3O4S2. The van der Waals surface area contributed by atoms with Crippen molar-refractivity contribution >= 4 is 27.0 Å². The smallest absolute Gasteiger partial charge is 0.265 e. The van der Waals surface area contributed by atoms with E-state index in [0.717, 1.165) is 30.6 Å². The minimum absolute atomic E-state index is 0.182. The molecule has 2 aromatic heterocycles. The predicted molar refractivity (Wildman–Crippen MR) is 113 cm³/mol. The third kappa shape index (κ3) is 3.97. The summed E-state index contributed by atoms with van der Waals surface area (Å²) in [5.74, 6) is 0.983. The van der Waals surface area contributed by atoms with Gasteiger partial charge in [-0.25, -0.2) is 8.42 Å². The molecule has 0 bridgehead atoms. The van der Waals surface area contributed by atoms with Crippen molar-refractivity contribution in [2.75, 3.05) is 18.9 Å². The first-order valence-electron chi connectivity index (χ1n) is 9.39. The Morgan fingerprint density at radius 2 is 1.90 bits per heavy atom. The third-order valence-electron chi connectivity index (χ3n) is 5.08.